The predicted molar refractivity (Wildman–Crippen MR) is 178 cm³/mol. The van der Waals surface area contributed by atoms with E-state index in [0.717, 1.165) is 64.0 Å². The molecule has 10 nitrogen and oxygen atoms in total. The van der Waals surface area contributed by atoms with Gasteiger partial charge in [0.15, 0.2) is 5.82 Å². The van der Waals surface area contributed by atoms with Crippen LogP contribution in [0.1, 0.15) is 53.1 Å². The maximum absolute atomic E-state index is 11.6. The number of pyridine rings is 1. The van der Waals surface area contributed by atoms with E-state index in [2.05, 4.69) is 49.5 Å². The van der Waals surface area contributed by atoms with Crippen LogP contribution in [0.25, 0.3) is 10.9 Å². The van der Waals surface area contributed by atoms with Gasteiger partial charge in [-0.3, -0.25) is 9.48 Å². The van der Waals surface area contributed by atoms with Crippen LogP contribution in [0.15, 0.2) is 90.0 Å². The summed E-state index contributed by atoms with van der Waals surface area (Å²) < 4.78 is 1.88. The molecule has 3 heterocycles. The number of hydrogen-bond donors (Lipinski definition) is 5. The van der Waals surface area contributed by atoms with Crippen LogP contribution in [-0.4, -0.2) is 72.7 Å². The Bertz CT molecular complexity index is 1760. The number of phenols is 1. The average Bonchev–Trinajstić information content (AvgIpc) is 3.55. The highest BCUT2D eigenvalue weighted by Crippen LogP contribution is 2.28. The van der Waals surface area contributed by atoms with E-state index in [-0.39, 0.29) is 11.3 Å². The van der Waals surface area contributed by atoms with Crippen molar-refractivity contribution in [2.75, 3.05) is 32.7 Å². The van der Waals surface area contributed by atoms with Gasteiger partial charge in [-0.15, -0.1) is 0 Å². The second kappa shape index (κ2) is 14.8. The van der Waals surface area contributed by atoms with E-state index in [1.807, 2.05) is 35.0 Å². The molecule has 46 heavy (non-hydrogen) atoms. The zero-order valence-corrected chi connectivity index (χ0v) is 25.9. The van der Waals surface area contributed by atoms with Crippen molar-refractivity contribution in [1.29, 1.82) is 0 Å². The third-order valence-electron chi connectivity index (χ3n) is 9.00. The first-order chi connectivity index (χ1) is 22.4. The summed E-state index contributed by atoms with van der Waals surface area (Å²) in [4.78, 5) is 21.2. The first-order valence-corrected chi connectivity index (χ1v) is 16.1. The van der Waals surface area contributed by atoms with Gasteiger partial charge < -0.3 is 30.5 Å². The zero-order valence-electron chi connectivity index (χ0n) is 25.9. The highest BCUT2D eigenvalue weighted by atomic mass is 16.3. The molecule has 1 aliphatic rings. The van der Waals surface area contributed by atoms with Crippen molar-refractivity contribution in [2.45, 2.75) is 44.4 Å². The second-order valence-corrected chi connectivity index (χ2v) is 12.2. The molecule has 1 aliphatic heterocycles. The minimum absolute atomic E-state index is 0.0136. The lowest BCUT2D eigenvalue weighted by Crippen LogP contribution is -2.36. The SMILES string of the molecule is O=c1ccc2c(C(O)CNCCc3ccc(CCN4CCC(Cn5cnc(C(O)c6ccccc6)n5)CC4)cc3)ccc(O)c2[nH]1. The number of hydrogen-bond acceptors (Lipinski definition) is 8. The molecule has 2 aromatic heterocycles. The molecule has 5 aromatic rings. The number of likely N-dealkylation sites (tertiary alicyclic amines) is 1. The van der Waals surface area contributed by atoms with Gasteiger partial charge >= 0.3 is 0 Å². The number of aliphatic hydroxyl groups excluding tert-OH is 2. The van der Waals surface area contributed by atoms with Crippen LogP contribution in [0.3, 0.4) is 0 Å². The Morgan fingerprint density at radius 3 is 2.41 bits per heavy atom. The lowest BCUT2D eigenvalue weighted by molar-refractivity contribution is 0.171. The molecule has 10 heteroatoms. The summed E-state index contributed by atoms with van der Waals surface area (Å²) in [5, 5.41) is 39.9. The lowest BCUT2D eigenvalue weighted by atomic mass is 9.96. The Labute approximate surface area is 268 Å². The Kier molecular flexibility index (Phi) is 10.2. The molecular weight excluding hydrogens is 580 g/mol. The average molecular weight is 623 g/mol. The number of rotatable bonds is 13. The van der Waals surface area contributed by atoms with Gasteiger partial charge in [-0.2, -0.15) is 5.10 Å². The summed E-state index contributed by atoms with van der Waals surface area (Å²) in [5.41, 5.74) is 4.08. The Morgan fingerprint density at radius 1 is 0.913 bits per heavy atom. The fraction of sp³-hybridized carbons (Fsp3) is 0.361. The third-order valence-corrected chi connectivity index (χ3v) is 9.00. The number of piperidine rings is 1. The van der Waals surface area contributed by atoms with Gasteiger partial charge in [0.1, 0.15) is 18.2 Å². The van der Waals surface area contributed by atoms with E-state index in [0.29, 0.717) is 34.8 Å². The summed E-state index contributed by atoms with van der Waals surface area (Å²) in [6.45, 7) is 5.11. The smallest absolute Gasteiger partial charge is 0.248 e. The molecule has 0 saturated carbocycles. The van der Waals surface area contributed by atoms with Gasteiger partial charge in [-0.1, -0.05) is 60.7 Å². The highest BCUT2D eigenvalue weighted by Gasteiger charge is 2.21. The number of aromatic hydroxyl groups is 1. The van der Waals surface area contributed by atoms with Crippen molar-refractivity contribution in [3.8, 4) is 5.75 Å². The summed E-state index contributed by atoms with van der Waals surface area (Å²) >= 11 is 0. The number of benzene rings is 3. The molecule has 6 rings (SSSR count). The molecule has 5 N–H and O–H groups in total. The summed E-state index contributed by atoms with van der Waals surface area (Å²) in [5.74, 6) is 0.990. The fourth-order valence-electron chi connectivity index (χ4n) is 6.25. The molecule has 2 unspecified atom stereocenters. The van der Waals surface area contributed by atoms with Crippen LogP contribution in [-0.2, 0) is 19.4 Å². The molecule has 240 valence electrons. The van der Waals surface area contributed by atoms with Crippen LogP contribution < -0.4 is 10.9 Å². The van der Waals surface area contributed by atoms with Gasteiger partial charge in [0.2, 0.25) is 5.56 Å². The van der Waals surface area contributed by atoms with Crippen LogP contribution in [0, 0.1) is 5.92 Å². The van der Waals surface area contributed by atoms with Crippen molar-refractivity contribution < 1.29 is 15.3 Å². The quantitative estimate of drug-likeness (QED) is 0.125. The topological polar surface area (TPSA) is 140 Å². The molecule has 2 atom stereocenters. The Hall–Kier alpha value is -4.35. The molecule has 1 fully saturated rings. The fourth-order valence-corrected chi connectivity index (χ4v) is 6.25. The van der Waals surface area contributed by atoms with E-state index < -0.39 is 12.2 Å². The minimum Gasteiger partial charge on any atom is -0.506 e. The first-order valence-electron chi connectivity index (χ1n) is 16.1. The van der Waals surface area contributed by atoms with E-state index in [4.69, 9.17) is 0 Å². The van der Waals surface area contributed by atoms with E-state index >= 15 is 0 Å². The molecule has 0 radical (unpaired) electrons. The largest absolute Gasteiger partial charge is 0.506 e. The van der Waals surface area contributed by atoms with E-state index in [1.165, 1.54) is 23.3 Å². The molecule has 0 spiro atoms. The van der Waals surface area contributed by atoms with Crippen molar-refractivity contribution in [3.05, 3.63) is 124 Å². The maximum atomic E-state index is 11.6. The van der Waals surface area contributed by atoms with Crippen LogP contribution in [0.2, 0.25) is 0 Å². The van der Waals surface area contributed by atoms with Crippen LogP contribution in [0.5, 0.6) is 5.75 Å². The van der Waals surface area contributed by atoms with Gasteiger partial charge in [-0.25, -0.2) is 4.98 Å². The monoisotopic (exact) mass is 622 g/mol. The molecule has 0 amide bonds. The normalized spacial score (nSPS) is 15.7. The molecule has 3 aromatic carbocycles. The summed E-state index contributed by atoms with van der Waals surface area (Å²) in [7, 11) is 0. The van der Waals surface area contributed by atoms with Crippen molar-refractivity contribution in [1.82, 2.24) is 30.0 Å². The highest BCUT2D eigenvalue weighted by molar-refractivity contribution is 5.87. The van der Waals surface area contributed by atoms with Crippen molar-refractivity contribution in [2.24, 2.45) is 5.92 Å². The van der Waals surface area contributed by atoms with Gasteiger partial charge in [0.05, 0.1) is 11.6 Å². The zero-order chi connectivity index (χ0) is 31.9. The lowest BCUT2D eigenvalue weighted by Gasteiger charge is -2.31. The van der Waals surface area contributed by atoms with Gasteiger partial charge in [-0.05, 0) is 85.6 Å². The molecular formula is C36H42N6O4. The third kappa shape index (κ3) is 7.89. The van der Waals surface area contributed by atoms with Crippen LogP contribution >= 0.6 is 0 Å². The van der Waals surface area contributed by atoms with Crippen LogP contribution in [0.4, 0.5) is 0 Å². The number of aliphatic hydroxyl groups is 2. The number of aromatic nitrogens is 4. The minimum atomic E-state index is -0.802. The Balaban J connectivity index is 0.888. The predicted octanol–water partition coefficient (Wildman–Crippen LogP) is 3.73. The Morgan fingerprint density at radius 2 is 1.65 bits per heavy atom. The number of nitrogens with one attached hydrogen (secondary N) is 2. The molecule has 1 saturated heterocycles. The number of H-pyrrole nitrogens is 1. The van der Waals surface area contributed by atoms with Crippen molar-refractivity contribution in [3.63, 3.8) is 0 Å². The second-order valence-electron chi connectivity index (χ2n) is 12.2. The number of aromatic amines is 1. The molecule has 0 bridgehead atoms. The number of nitrogens with zero attached hydrogens (tertiary/aromatic N) is 4. The first kappa shape index (κ1) is 31.6. The van der Waals surface area contributed by atoms with Crippen molar-refractivity contribution >= 4 is 10.9 Å². The summed E-state index contributed by atoms with van der Waals surface area (Å²) in [6.07, 6.45) is 4.29. The van der Waals surface area contributed by atoms with E-state index in [9.17, 15) is 20.1 Å². The van der Waals surface area contributed by atoms with E-state index in [1.54, 1.807) is 18.5 Å². The number of phenolic OH excluding ortho intramolecular Hbond substituents is 1. The van der Waals surface area contributed by atoms with Gasteiger partial charge in [0, 0.05) is 31.1 Å². The van der Waals surface area contributed by atoms with Gasteiger partial charge in [0.25, 0.3) is 0 Å². The standard InChI is InChI=1S/C36H42N6O4/c43-31-12-10-29(30-11-13-33(45)39-34(30)31)32(44)22-37-18-14-25-6-8-26(9-7-25)15-19-41-20-16-27(17-21-41)23-42-24-38-36(40-42)35(46)28-4-2-1-3-5-28/h1-13,24,27,32,35,37,43-44,46H,14-23H2,(H,39,45). The maximum Gasteiger partial charge on any atom is 0.248 e. The summed E-state index contributed by atoms with van der Waals surface area (Å²) in [6, 6.07) is 24.5. The molecule has 0 aliphatic carbocycles. The number of fused-ring (bicyclic) bond motifs is 1.